The SMILES string of the molecule is C[C@H]1OC(OCc2ccc3c(c2)C(=O)c2ccccc2C3=O)C[C@@H](N(C)C)[C@@H]1O. The number of rotatable bonds is 4. The zero-order valence-electron chi connectivity index (χ0n) is 16.8. The zero-order chi connectivity index (χ0) is 20.7. The molecule has 2 aromatic carbocycles. The van der Waals surface area contributed by atoms with Gasteiger partial charge in [0.05, 0.1) is 18.8 Å². The van der Waals surface area contributed by atoms with E-state index in [1.54, 1.807) is 36.4 Å². The summed E-state index contributed by atoms with van der Waals surface area (Å²) in [6.45, 7) is 2.08. The van der Waals surface area contributed by atoms with E-state index in [0.29, 0.717) is 28.7 Å². The van der Waals surface area contributed by atoms with Crippen LogP contribution >= 0.6 is 0 Å². The molecule has 2 aromatic rings. The maximum Gasteiger partial charge on any atom is 0.194 e. The van der Waals surface area contributed by atoms with Gasteiger partial charge in [0.15, 0.2) is 17.9 Å². The van der Waals surface area contributed by atoms with Gasteiger partial charge in [-0.15, -0.1) is 0 Å². The largest absolute Gasteiger partial charge is 0.389 e. The Morgan fingerprint density at radius 2 is 1.66 bits per heavy atom. The summed E-state index contributed by atoms with van der Waals surface area (Å²) in [5.41, 5.74) is 2.53. The molecular formula is C23H25NO5. The van der Waals surface area contributed by atoms with Crippen LogP contribution < -0.4 is 0 Å². The molecule has 0 amide bonds. The summed E-state index contributed by atoms with van der Waals surface area (Å²) in [6.07, 6.45) is -0.804. The molecule has 6 nitrogen and oxygen atoms in total. The van der Waals surface area contributed by atoms with Gasteiger partial charge in [0.25, 0.3) is 0 Å². The van der Waals surface area contributed by atoms with Crippen LogP contribution in [0.1, 0.15) is 50.8 Å². The van der Waals surface area contributed by atoms with Crippen molar-refractivity contribution >= 4 is 11.6 Å². The molecule has 1 N–H and O–H groups in total. The fourth-order valence-electron chi connectivity index (χ4n) is 4.07. The molecule has 0 aromatic heterocycles. The molecule has 4 atom stereocenters. The molecule has 1 heterocycles. The standard InChI is InChI=1S/C23H25NO5/c1-13-21(25)19(24(2)3)11-20(29-13)28-12-14-8-9-17-18(10-14)23(27)16-7-5-4-6-15(16)22(17)26/h4-10,13,19-21,25H,11-12H2,1-3H3/t13-,19-,20?,21-/m1/s1. The number of benzene rings is 2. The van der Waals surface area contributed by atoms with Crippen molar-refractivity contribution in [3.63, 3.8) is 0 Å². The van der Waals surface area contributed by atoms with Gasteiger partial charge in [-0.1, -0.05) is 30.3 Å². The molecule has 1 unspecified atom stereocenters. The molecule has 4 rings (SSSR count). The summed E-state index contributed by atoms with van der Waals surface area (Å²) < 4.78 is 11.7. The van der Waals surface area contributed by atoms with E-state index in [-0.39, 0.29) is 30.3 Å². The van der Waals surface area contributed by atoms with Crippen LogP contribution in [-0.4, -0.2) is 60.2 Å². The van der Waals surface area contributed by atoms with E-state index < -0.39 is 12.4 Å². The third-order valence-electron chi connectivity index (χ3n) is 5.76. The minimum absolute atomic E-state index is 0.0528. The molecule has 1 fully saturated rings. The number of fused-ring (bicyclic) bond motifs is 2. The van der Waals surface area contributed by atoms with Crippen molar-refractivity contribution in [1.82, 2.24) is 4.90 Å². The van der Waals surface area contributed by atoms with Crippen molar-refractivity contribution in [2.24, 2.45) is 0 Å². The first-order valence-corrected chi connectivity index (χ1v) is 9.79. The second-order valence-electron chi connectivity index (χ2n) is 7.92. The number of ketones is 2. The summed E-state index contributed by atoms with van der Waals surface area (Å²) in [5, 5.41) is 10.3. The van der Waals surface area contributed by atoms with Crippen LogP contribution in [0, 0.1) is 0 Å². The van der Waals surface area contributed by atoms with Crippen LogP contribution in [0.4, 0.5) is 0 Å². The van der Waals surface area contributed by atoms with E-state index in [1.807, 2.05) is 32.0 Å². The number of hydrogen-bond donors (Lipinski definition) is 1. The van der Waals surface area contributed by atoms with Crippen LogP contribution in [0.3, 0.4) is 0 Å². The summed E-state index contributed by atoms with van der Waals surface area (Å²) >= 11 is 0. The smallest absolute Gasteiger partial charge is 0.194 e. The first kappa shape index (κ1) is 19.9. The highest BCUT2D eigenvalue weighted by atomic mass is 16.7. The maximum absolute atomic E-state index is 12.9. The Bertz CT molecular complexity index is 954. The third-order valence-corrected chi connectivity index (χ3v) is 5.76. The molecule has 6 heteroatoms. The molecule has 0 radical (unpaired) electrons. The lowest BCUT2D eigenvalue weighted by Crippen LogP contribution is -2.53. The number of carbonyl (C=O) groups excluding carboxylic acids is 2. The number of carbonyl (C=O) groups is 2. The van der Waals surface area contributed by atoms with Crippen molar-refractivity contribution in [1.29, 1.82) is 0 Å². The van der Waals surface area contributed by atoms with Gasteiger partial charge in [0, 0.05) is 34.7 Å². The van der Waals surface area contributed by atoms with Gasteiger partial charge >= 0.3 is 0 Å². The van der Waals surface area contributed by atoms with Gasteiger partial charge < -0.3 is 19.5 Å². The maximum atomic E-state index is 12.9. The third kappa shape index (κ3) is 3.65. The Balaban J connectivity index is 1.50. The Labute approximate surface area is 170 Å². The predicted molar refractivity (Wildman–Crippen MR) is 107 cm³/mol. The van der Waals surface area contributed by atoms with Crippen molar-refractivity contribution < 1.29 is 24.2 Å². The van der Waals surface area contributed by atoms with Crippen LogP contribution in [0.2, 0.25) is 0 Å². The Morgan fingerprint density at radius 3 is 2.31 bits per heavy atom. The van der Waals surface area contributed by atoms with Gasteiger partial charge in [-0.3, -0.25) is 9.59 Å². The van der Waals surface area contributed by atoms with E-state index >= 15 is 0 Å². The van der Waals surface area contributed by atoms with Gasteiger partial charge in [0.1, 0.15) is 0 Å². The van der Waals surface area contributed by atoms with Crippen LogP contribution in [0.5, 0.6) is 0 Å². The highest BCUT2D eigenvalue weighted by Crippen LogP contribution is 2.29. The van der Waals surface area contributed by atoms with E-state index in [0.717, 1.165) is 5.56 Å². The lowest BCUT2D eigenvalue weighted by molar-refractivity contribution is -0.238. The number of aliphatic hydroxyl groups excluding tert-OH is 1. The number of ether oxygens (including phenoxy) is 2. The van der Waals surface area contributed by atoms with Crippen molar-refractivity contribution in [2.45, 2.75) is 44.5 Å². The fourth-order valence-corrected chi connectivity index (χ4v) is 4.07. The second kappa shape index (κ2) is 7.80. The second-order valence-corrected chi connectivity index (χ2v) is 7.92. The normalized spacial score (nSPS) is 26.4. The fraction of sp³-hybridized carbons (Fsp3) is 0.391. The van der Waals surface area contributed by atoms with E-state index in [2.05, 4.69) is 0 Å². The zero-order valence-corrected chi connectivity index (χ0v) is 16.8. The van der Waals surface area contributed by atoms with Crippen molar-refractivity contribution in [3.8, 4) is 0 Å². The minimum atomic E-state index is -0.572. The first-order valence-electron chi connectivity index (χ1n) is 9.79. The predicted octanol–water partition coefficient (Wildman–Crippen LogP) is 2.40. The molecule has 0 spiro atoms. The van der Waals surface area contributed by atoms with Gasteiger partial charge in [-0.2, -0.15) is 0 Å². The molecular weight excluding hydrogens is 370 g/mol. The molecule has 1 saturated heterocycles. The highest BCUT2D eigenvalue weighted by Gasteiger charge is 2.37. The number of aliphatic hydroxyl groups is 1. The Kier molecular flexibility index (Phi) is 5.36. The molecule has 1 aliphatic heterocycles. The van der Waals surface area contributed by atoms with Crippen LogP contribution in [0.25, 0.3) is 0 Å². The van der Waals surface area contributed by atoms with Gasteiger partial charge in [-0.25, -0.2) is 0 Å². The first-order chi connectivity index (χ1) is 13.9. The monoisotopic (exact) mass is 395 g/mol. The van der Waals surface area contributed by atoms with Gasteiger partial charge in [0.2, 0.25) is 0 Å². The van der Waals surface area contributed by atoms with Crippen molar-refractivity contribution in [2.75, 3.05) is 14.1 Å². The Morgan fingerprint density at radius 1 is 1.03 bits per heavy atom. The number of nitrogens with zero attached hydrogens (tertiary/aromatic N) is 1. The number of likely N-dealkylation sites (N-methyl/N-ethyl adjacent to an activating group) is 1. The summed E-state index contributed by atoms with van der Waals surface area (Å²) in [4.78, 5) is 27.5. The minimum Gasteiger partial charge on any atom is -0.389 e. The summed E-state index contributed by atoms with van der Waals surface area (Å²) in [7, 11) is 3.85. The molecule has 0 saturated carbocycles. The Hall–Kier alpha value is -2.38. The molecule has 2 aliphatic rings. The number of hydrogen-bond acceptors (Lipinski definition) is 6. The molecule has 152 valence electrons. The lowest BCUT2D eigenvalue weighted by Gasteiger charge is -2.40. The average molecular weight is 395 g/mol. The van der Waals surface area contributed by atoms with E-state index in [4.69, 9.17) is 9.47 Å². The topological polar surface area (TPSA) is 76.1 Å². The summed E-state index contributed by atoms with van der Waals surface area (Å²) in [5.74, 6) is -0.273. The van der Waals surface area contributed by atoms with E-state index in [9.17, 15) is 14.7 Å². The highest BCUT2D eigenvalue weighted by molar-refractivity contribution is 6.28. The summed E-state index contributed by atoms with van der Waals surface area (Å²) in [6, 6.07) is 12.1. The van der Waals surface area contributed by atoms with Gasteiger partial charge in [-0.05, 0) is 38.7 Å². The van der Waals surface area contributed by atoms with Crippen molar-refractivity contribution in [3.05, 3.63) is 70.3 Å². The molecule has 0 bridgehead atoms. The van der Waals surface area contributed by atoms with E-state index in [1.165, 1.54) is 0 Å². The molecule has 29 heavy (non-hydrogen) atoms. The van der Waals surface area contributed by atoms with Crippen LogP contribution in [-0.2, 0) is 16.1 Å². The lowest BCUT2D eigenvalue weighted by atomic mass is 9.83. The van der Waals surface area contributed by atoms with Crippen LogP contribution in [0.15, 0.2) is 42.5 Å². The molecule has 1 aliphatic carbocycles. The quantitative estimate of drug-likeness (QED) is 0.731. The average Bonchev–Trinajstić information content (AvgIpc) is 2.72.